The van der Waals surface area contributed by atoms with Gasteiger partial charge in [-0.15, -0.1) is 0 Å². The first kappa shape index (κ1) is 56.4. The maximum atomic E-state index is 12.7. The van der Waals surface area contributed by atoms with Crippen molar-refractivity contribution in [1.29, 1.82) is 0 Å². The van der Waals surface area contributed by atoms with Gasteiger partial charge in [0.15, 0.2) is 6.10 Å². The second-order valence-electron chi connectivity index (χ2n) is 18.8. The van der Waals surface area contributed by atoms with Crippen molar-refractivity contribution in [1.82, 2.24) is 0 Å². The fourth-order valence-electron chi connectivity index (χ4n) is 7.81. The highest BCUT2D eigenvalue weighted by molar-refractivity contribution is 5.71. The minimum Gasteiger partial charge on any atom is -0.462 e. The lowest BCUT2D eigenvalue weighted by Gasteiger charge is -2.18. The van der Waals surface area contributed by atoms with E-state index in [9.17, 15) is 14.4 Å². The molecule has 6 heteroatoms. The smallest absolute Gasteiger partial charge is 0.306 e. The highest BCUT2D eigenvalue weighted by Crippen LogP contribution is 2.17. The fourth-order valence-corrected chi connectivity index (χ4v) is 7.81. The molecule has 0 aliphatic rings. The maximum Gasteiger partial charge on any atom is 0.306 e. The van der Waals surface area contributed by atoms with Gasteiger partial charge in [-0.2, -0.15) is 0 Å². The highest BCUT2D eigenvalue weighted by Gasteiger charge is 2.19. The van der Waals surface area contributed by atoms with E-state index in [1.807, 2.05) is 0 Å². The van der Waals surface area contributed by atoms with E-state index in [-0.39, 0.29) is 31.1 Å². The monoisotopic (exact) mass is 821 g/mol. The van der Waals surface area contributed by atoms with E-state index in [1.54, 1.807) is 0 Å². The number of carbonyl (C=O) groups excluding carboxylic acids is 3. The lowest BCUT2D eigenvalue weighted by atomic mass is 10.0. The van der Waals surface area contributed by atoms with Crippen molar-refractivity contribution in [3.63, 3.8) is 0 Å². The molecule has 0 spiro atoms. The van der Waals surface area contributed by atoms with Gasteiger partial charge in [-0.25, -0.2) is 0 Å². The van der Waals surface area contributed by atoms with Crippen LogP contribution >= 0.6 is 0 Å². The minimum absolute atomic E-state index is 0.0649. The zero-order valence-corrected chi connectivity index (χ0v) is 39.7. The Balaban J connectivity index is 4.22. The lowest BCUT2D eigenvalue weighted by molar-refractivity contribution is -0.167. The first-order chi connectivity index (χ1) is 28.2. The molecule has 1 atom stereocenters. The Hall–Kier alpha value is -1.59. The van der Waals surface area contributed by atoms with Crippen molar-refractivity contribution in [2.24, 2.45) is 11.8 Å². The van der Waals surface area contributed by atoms with Crippen LogP contribution in [0.4, 0.5) is 0 Å². The summed E-state index contributed by atoms with van der Waals surface area (Å²) in [6, 6.07) is 0. The van der Waals surface area contributed by atoms with Gasteiger partial charge in [-0.1, -0.05) is 247 Å². The van der Waals surface area contributed by atoms with Gasteiger partial charge in [0, 0.05) is 19.3 Å². The lowest BCUT2D eigenvalue weighted by Crippen LogP contribution is -2.30. The molecule has 0 rings (SSSR count). The molecule has 6 nitrogen and oxygen atoms in total. The van der Waals surface area contributed by atoms with E-state index in [4.69, 9.17) is 14.2 Å². The second-order valence-corrected chi connectivity index (χ2v) is 18.8. The van der Waals surface area contributed by atoms with Crippen LogP contribution in [-0.4, -0.2) is 37.2 Å². The van der Waals surface area contributed by atoms with Crippen molar-refractivity contribution in [2.45, 2.75) is 291 Å². The van der Waals surface area contributed by atoms with Crippen molar-refractivity contribution in [2.75, 3.05) is 13.2 Å². The maximum absolute atomic E-state index is 12.7. The molecule has 0 heterocycles. The molecule has 0 N–H and O–H groups in total. The summed E-state index contributed by atoms with van der Waals surface area (Å²) in [6.45, 7) is 11.3. The summed E-state index contributed by atoms with van der Waals surface area (Å²) in [5, 5.41) is 0. The van der Waals surface area contributed by atoms with Gasteiger partial charge in [-0.05, 0) is 31.1 Å². The molecular formula is C52H100O6. The van der Waals surface area contributed by atoms with Crippen LogP contribution in [0.25, 0.3) is 0 Å². The normalized spacial score (nSPS) is 12.1. The van der Waals surface area contributed by atoms with Crippen LogP contribution < -0.4 is 0 Å². The predicted molar refractivity (Wildman–Crippen MR) is 247 cm³/mol. The summed E-state index contributed by atoms with van der Waals surface area (Å²) < 4.78 is 16.8. The average molecular weight is 821 g/mol. The van der Waals surface area contributed by atoms with Gasteiger partial charge in [0.05, 0.1) is 0 Å². The Kier molecular flexibility index (Phi) is 43.7. The van der Waals surface area contributed by atoms with Crippen LogP contribution in [0.1, 0.15) is 285 Å². The van der Waals surface area contributed by atoms with E-state index in [1.165, 1.54) is 173 Å². The van der Waals surface area contributed by atoms with Gasteiger partial charge < -0.3 is 14.2 Å². The largest absolute Gasteiger partial charge is 0.462 e. The minimum atomic E-state index is -0.762. The molecule has 0 amide bonds. The van der Waals surface area contributed by atoms with E-state index in [2.05, 4.69) is 34.6 Å². The van der Waals surface area contributed by atoms with E-state index in [0.717, 1.165) is 69.6 Å². The molecule has 0 radical (unpaired) electrons. The zero-order valence-electron chi connectivity index (χ0n) is 39.7. The van der Waals surface area contributed by atoms with Crippen molar-refractivity contribution < 1.29 is 28.6 Å². The Morgan fingerprint density at radius 3 is 0.845 bits per heavy atom. The van der Waals surface area contributed by atoms with Crippen LogP contribution in [0.3, 0.4) is 0 Å². The third kappa shape index (κ3) is 45.5. The molecule has 344 valence electrons. The number of hydrogen-bond acceptors (Lipinski definition) is 6. The molecule has 0 aromatic heterocycles. The molecule has 0 aliphatic carbocycles. The van der Waals surface area contributed by atoms with E-state index < -0.39 is 6.10 Å². The Bertz CT molecular complexity index is 885. The third-order valence-corrected chi connectivity index (χ3v) is 11.7. The molecule has 0 saturated heterocycles. The summed E-state index contributed by atoms with van der Waals surface area (Å²) >= 11 is 0. The second kappa shape index (κ2) is 44.9. The van der Waals surface area contributed by atoms with Crippen LogP contribution in [0, 0.1) is 11.8 Å². The number of carbonyl (C=O) groups is 3. The number of esters is 3. The van der Waals surface area contributed by atoms with Crippen LogP contribution in [0.5, 0.6) is 0 Å². The van der Waals surface area contributed by atoms with E-state index in [0.29, 0.717) is 19.3 Å². The Morgan fingerprint density at radius 1 is 0.328 bits per heavy atom. The number of hydrogen-bond donors (Lipinski definition) is 0. The number of unbranched alkanes of at least 4 members (excludes halogenated alkanes) is 31. The summed E-state index contributed by atoms with van der Waals surface area (Å²) in [4.78, 5) is 37.8. The van der Waals surface area contributed by atoms with Crippen LogP contribution in [0.15, 0.2) is 0 Å². The summed E-state index contributed by atoms with van der Waals surface area (Å²) in [7, 11) is 0. The summed E-state index contributed by atoms with van der Waals surface area (Å²) in [6.07, 6.45) is 45.4. The molecule has 0 saturated carbocycles. The van der Waals surface area contributed by atoms with Crippen molar-refractivity contribution in [3.05, 3.63) is 0 Å². The molecular weight excluding hydrogens is 721 g/mol. The van der Waals surface area contributed by atoms with Crippen LogP contribution in [-0.2, 0) is 28.6 Å². The zero-order chi connectivity index (χ0) is 42.6. The molecule has 58 heavy (non-hydrogen) atoms. The number of rotatable bonds is 46. The average Bonchev–Trinajstić information content (AvgIpc) is 3.19. The van der Waals surface area contributed by atoms with Gasteiger partial charge in [-0.3, -0.25) is 14.4 Å². The molecule has 0 aromatic carbocycles. The van der Waals surface area contributed by atoms with Crippen LogP contribution in [0.2, 0.25) is 0 Å². The molecule has 0 bridgehead atoms. The van der Waals surface area contributed by atoms with Gasteiger partial charge in [0.1, 0.15) is 13.2 Å². The Labute approximate surface area is 361 Å². The molecule has 0 aromatic rings. The van der Waals surface area contributed by atoms with E-state index >= 15 is 0 Å². The Morgan fingerprint density at radius 2 is 0.569 bits per heavy atom. The summed E-state index contributed by atoms with van der Waals surface area (Å²) in [5.74, 6) is 0.720. The fraction of sp³-hybridized carbons (Fsp3) is 0.942. The molecule has 0 aliphatic heterocycles. The first-order valence-electron chi connectivity index (χ1n) is 25.7. The number of ether oxygens (including phenoxy) is 3. The quantitative estimate of drug-likeness (QED) is 0.0346. The molecule has 0 unspecified atom stereocenters. The van der Waals surface area contributed by atoms with Gasteiger partial charge in [0.25, 0.3) is 0 Å². The highest BCUT2D eigenvalue weighted by atomic mass is 16.6. The van der Waals surface area contributed by atoms with Gasteiger partial charge >= 0.3 is 17.9 Å². The van der Waals surface area contributed by atoms with Crippen molar-refractivity contribution >= 4 is 17.9 Å². The van der Waals surface area contributed by atoms with Crippen molar-refractivity contribution in [3.8, 4) is 0 Å². The predicted octanol–water partition coefficient (Wildman–Crippen LogP) is 16.5. The topological polar surface area (TPSA) is 78.9 Å². The standard InChI is InChI=1S/C52H100O6/c1-6-7-8-9-10-11-12-13-14-15-16-17-18-19-20-21-27-32-37-42-50(53)56-45-49(46-57-51(54)43-38-33-29-24-26-31-36-41-48(4)5)58-52(55)44-39-34-28-23-22-25-30-35-40-47(2)3/h47-49H,6-46H2,1-5H3/t49-/m0/s1. The summed E-state index contributed by atoms with van der Waals surface area (Å²) in [5.41, 5.74) is 0. The third-order valence-electron chi connectivity index (χ3n) is 11.7. The molecule has 0 fully saturated rings. The SMILES string of the molecule is CCCCCCCCCCCCCCCCCCCCCC(=O)OC[C@@H](COC(=O)CCCCCCCCCC(C)C)OC(=O)CCCCCCCCCCC(C)C. The first-order valence-corrected chi connectivity index (χ1v) is 25.7. The van der Waals surface area contributed by atoms with Gasteiger partial charge in [0.2, 0.25) is 0 Å².